The third kappa shape index (κ3) is 8.90. The molecule has 0 saturated carbocycles. The predicted octanol–water partition coefficient (Wildman–Crippen LogP) is 3.45. The number of rotatable bonds is 9. The standard InChI is InChI=1S/C23H33N5O2.HI/c1-3-24-23(25-12-7-14-30-21-8-5-4-6-9-21)27-17-20-10-11-22(26-16-20)28-13-15-29-19(2)18-28;/h4-6,8-11,16,19H,3,7,12-15,17-18H2,1-2H3,(H2,24,25,27);1H. The number of ether oxygens (including phenoxy) is 2. The summed E-state index contributed by atoms with van der Waals surface area (Å²) in [6.45, 7) is 9.55. The second-order valence-corrected chi connectivity index (χ2v) is 7.29. The van der Waals surface area contributed by atoms with Crippen molar-refractivity contribution >= 4 is 35.8 Å². The molecule has 31 heavy (non-hydrogen) atoms. The molecular formula is C23H34IN5O2. The van der Waals surface area contributed by atoms with Gasteiger partial charge in [0.25, 0.3) is 0 Å². The van der Waals surface area contributed by atoms with E-state index in [1.54, 1.807) is 0 Å². The van der Waals surface area contributed by atoms with Gasteiger partial charge in [0.2, 0.25) is 0 Å². The minimum absolute atomic E-state index is 0. The molecular weight excluding hydrogens is 505 g/mol. The van der Waals surface area contributed by atoms with Crippen LogP contribution in [-0.4, -0.2) is 56.4 Å². The van der Waals surface area contributed by atoms with Crippen LogP contribution in [0.2, 0.25) is 0 Å². The van der Waals surface area contributed by atoms with Crippen LogP contribution in [0.25, 0.3) is 0 Å². The Morgan fingerprint density at radius 3 is 2.77 bits per heavy atom. The molecule has 1 fully saturated rings. The zero-order chi connectivity index (χ0) is 21.0. The molecule has 170 valence electrons. The Bertz CT molecular complexity index is 773. The fraction of sp³-hybridized carbons (Fsp3) is 0.478. The first-order chi connectivity index (χ1) is 14.7. The first kappa shape index (κ1) is 25.2. The normalized spacial score (nSPS) is 16.4. The van der Waals surface area contributed by atoms with E-state index in [0.717, 1.165) is 62.3 Å². The van der Waals surface area contributed by atoms with Gasteiger partial charge < -0.3 is 25.0 Å². The Morgan fingerprint density at radius 1 is 1.23 bits per heavy atom. The predicted molar refractivity (Wildman–Crippen MR) is 137 cm³/mol. The van der Waals surface area contributed by atoms with E-state index in [1.807, 2.05) is 36.5 Å². The fourth-order valence-corrected chi connectivity index (χ4v) is 3.22. The molecule has 1 saturated heterocycles. The van der Waals surface area contributed by atoms with Gasteiger partial charge in [-0.25, -0.2) is 9.98 Å². The van der Waals surface area contributed by atoms with E-state index in [4.69, 9.17) is 9.47 Å². The lowest BCUT2D eigenvalue weighted by atomic mass is 10.2. The average Bonchev–Trinajstić information content (AvgIpc) is 2.78. The first-order valence-corrected chi connectivity index (χ1v) is 10.8. The van der Waals surface area contributed by atoms with Crippen molar-refractivity contribution in [3.63, 3.8) is 0 Å². The first-order valence-electron chi connectivity index (χ1n) is 10.8. The fourth-order valence-electron chi connectivity index (χ4n) is 3.22. The van der Waals surface area contributed by atoms with Crippen LogP contribution in [0.5, 0.6) is 5.75 Å². The lowest BCUT2D eigenvalue weighted by molar-refractivity contribution is 0.0529. The summed E-state index contributed by atoms with van der Waals surface area (Å²) in [5.74, 6) is 2.71. The van der Waals surface area contributed by atoms with Crippen molar-refractivity contribution in [1.29, 1.82) is 0 Å². The lowest BCUT2D eigenvalue weighted by Crippen LogP contribution is -2.41. The van der Waals surface area contributed by atoms with Gasteiger partial charge in [-0.05, 0) is 44.0 Å². The smallest absolute Gasteiger partial charge is 0.191 e. The number of aromatic nitrogens is 1. The summed E-state index contributed by atoms with van der Waals surface area (Å²) in [4.78, 5) is 11.6. The second-order valence-electron chi connectivity index (χ2n) is 7.29. The number of nitrogens with one attached hydrogen (secondary N) is 2. The van der Waals surface area contributed by atoms with E-state index in [2.05, 4.69) is 51.5 Å². The van der Waals surface area contributed by atoms with Crippen LogP contribution >= 0.6 is 24.0 Å². The monoisotopic (exact) mass is 539 g/mol. The maximum Gasteiger partial charge on any atom is 0.191 e. The largest absolute Gasteiger partial charge is 0.494 e. The number of morpholine rings is 1. The summed E-state index contributed by atoms with van der Waals surface area (Å²) in [6, 6.07) is 14.1. The number of para-hydroxylation sites is 1. The number of nitrogens with zero attached hydrogens (tertiary/aromatic N) is 3. The molecule has 2 heterocycles. The minimum atomic E-state index is 0. The van der Waals surface area contributed by atoms with E-state index in [1.165, 1.54) is 0 Å². The van der Waals surface area contributed by atoms with E-state index in [9.17, 15) is 0 Å². The van der Waals surface area contributed by atoms with Gasteiger partial charge in [0.1, 0.15) is 11.6 Å². The van der Waals surface area contributed by atoms with E-state index in [0.29, 0.717) is 13.2 Å². The van der Waals surface area contributed by atoms with Crippen LogP contribution < -0.4 is 20.3 Å². The number of halogens is 1. The summed E-state index contributed by atoms with van der Waals surface area (Å²) in [7, 11) is 0. The van der Waals surface area contributed by atoms with Crippen LogP contribution in [-0.2, 0) is 11.3 Å². The quantitative estimate of drug-likeness (QED) is 0.220. The molecule has 8 heteroatoms. The Labute approximate surface area is 202 Å². The van der Waals surface area contributed by atoms with Crippen molar-refractivity contribution in [3.05, 3.63) is 54.2 Å². The highest BCUT2D eigenvalue weighted by Gasteiger charge is 2.17. The van der Waals surface area contributed by atoms with Gasteiger partial charge in [0.15, 0.2) is 5.96 Å². The molecule has 1 aromatic carbocycles. The third-order valence-electron chi connectivity index (χ3n) is 4.76. The number of anilines is 1. The van der Waals surface area contributed by atoms with E-state index in [-0.39, 0.29) is 30.1 Å². The zero-order valence-electron chi connectivity index (χ0n) is 18.4. The molecule has 0 radical (unpaired) electrons. The molecule has 7 nitrogen and oxygen atoms in total. The van der Waals surface area contributed by atoms with Crippen LogP contribution in [0, 0.1) is 0 Å². The van der Waals surface area contributed by atoms with Gasteiger partial charge in [-0.3, -0.25) is 0 Å². The van der Waals surface area contributed by atoms with Crippen molar-refractivity contribution in [1.82, 2.24) is 15.6 Å². The van der Waals surface area contributed by atoms with Crippen molar-refractivity contribution in [2.75, 3.05) is 44.3 Å². The molecule has 0 amide bonds. The Kier molecular flexibility index (Phi) is 11.4. The summed E-state index contributed by atoms with van der Waals surface area (Å²) >= 11 is 0. The zero-order valence-corrected chi connectivity index (χ0v) is 20.7. The highest BCUT2D eigenvalue weighted by atomic mass is 127. The van der Waals surface area contributed by atoms with Gasteiger partial charge in [-0.2, -0.15) is 0 Å². The number of benzene rings is 1. The molecule has 0 aliphatic carbocycles. The van der Waals surface area contributed by atoms with Crippen LogP contribution in [0.1, 0.15) is 25.8 Å². The number of guanidine groups is 1. The van der Waals surface area contributed by atoms with Crippen molar-refractivity contribution in [2.24, 2.45) is 4.99 Å². The number of pyridine rings is 1. The summed E-state index contributed by atoms with van der Waals surface area (Å²) < 4.78 is 11.3. The molecule has 3 rings (SSSR count). The third-order valence-corrected chi connectivity index (χ3v) is 4.76. The Hall–Kier alpha value is -2.07. The molecule has 1 aliphatic rings. The second kappa shape index (κ2) is 14.1. The molecule has 0 spiro atoms. The van der Waals surface area contributed by atoms with E-state index < -0.39 is 0 Å². The lowest BCUT2D eigenvalue weighted by Gasteiger charge is -2.32. The van der Waals surface area contributed by atoms with Crippen LogP contribution in [0.15, 0.2) is 53.7 Å². The van der Waals surface area contributed by atoms with Crippen LogP contribution in [0.4, 0.5) is 5.82 Å². The Balaban J connectivity index is 0.00000341. The highest BCUT2D eigenvalue weighted by Crippen LogP contribution is 2.15. The maximum absolute atomic E-state index is 5.72. The molecule has 0 bridgehead atoms. The number of aliphatic imine (C=N–C) groups is 1. The minimum Gasteiger partial charge on any atom is -0.494 e. The number of hydrogen-bond donors (Lipinski definition) is 2. The Morgan fingerprint density at radius 2 is 2.06 bits per heavy atom. The highest BCUT2D eigenvalue weighted by molar-refractivity contribution is 14.0. The molecule has 1 aromatic heterocycles. The summed E-state index contributed by atoms with van der Waals surface area (Å²) in [5, 5.41) is 6.65. The summed E-state index contributed by atoms with van der Waals surface area (Å²) in [6.07, 6.45) is 3.06. The molecule has 1 atom stereocenters. The summed E-state index contributed by atoms with van der Waals surface area (Å²) in [5.41, 5.74) is 1.09. The van der Waals surface area contributed by atoms with Gasteiger partial charge in [0.05, 0.1) is 25.9 Å². The van der Waals surface area contributed by atoms with Gasteiger partial charge in [-0.15, -0.1) is 24.0 Å². The van der Waals surface area contributed by atoms with Crippen LogP contribution in [0.3, 0.4) is 0 Å². The molecule has 2 aromatic rings. The molecule has 1 aliphatic heterocycles. The van der Waals surface area contributed by atoms with Crippen molar-refractivity contribution in [2.45, 2.75) is 32.9 Å². The van der Waals surface area contributed by atoms with E-state index >= 15 is 0 Å². The SMILES string of the molecule is CCNC(=NCc1ccc(N2CCOC(C)C2)nc1)NCCCOc1ccccc1.I. The van der Waals surface area contributed by atoms with Crippen molar-refractivity contribution < 1.29 is 9.47 Å². The van der Waals surface area contributed by atoms with Crippen molar-refractivity contribution in [3.8, 4) is 5.75 Å². The van der Waals surface area contributed by atoms with Gasteiger partial charge >= 0.3 is 0 Å². The average molecular weight is 539 g/mol. The van der Waals surface area contributed by atoms with Gasteiger partial charge in [0, 0.05) is 32.4 Å². The van der Waals surface area contributed by atoms with Gasteiger partial charge in [-0.1, -0.05) is 24.3 Å². The number of hydrogen-bond acceptors (Lipinski definition) is 5. The molecule has 1 unspecified atom stereocenters. The maximum atomic E-state index is 5.72. The topological polar surface area (TPSA) is 71.0 Å². The molecule has 2 N–H and O–H groups in total.